The number of amides is 1. The summed E-state index contributed by atoms with van der Waals surface area (Å²) in [6.45, 7) is 4.84. The van der Waals surface area contributed by atoms with Crippen LogP contribution in [0.15, 0.2) is 23.7 Å². The number of carbonyl (C=O) groups is 1. The number of fused-ring (bicyclic) bond motifs is 1. The second-order valence-corrected chi connectivity index (χ2v) is 8.97. The van der Waals surface area contributed by atoms with Crippen LogP contribution in [0.2, 0.25) is 0 Å². The maximum absolute atomic E-state index is 12.8. The molecule has 0 unspecified atom stereocenters. The highest BCUT2D eigenvalue weighted by atomic mass is 32.1. The van der Waals surface area contributed by atoms with Crippen LogP contribution < -0.4 is 5.32 Å². The lowest BCUT2D eigenvalue weighted by Crippen LogP contribution is -2.39. The monoisotopic (exact) mass is 399 g/mol. The molecule has 0 spiro atoms. The zero-order valence-electron chi connectivity index (χ0n) is 16.5. The van der Waals surface area contributed by atoms with Crippen molar-refractivity contribution < 1.29 is 9.90 Å². The van der Waals surface area contributed by atoms with E-state index in [4.69, 9.17) is 0 Å². The van der Waals surface area contributed by atoms with Crippen LogP contribution >= 0.6 is 11.3 Å². The van der Waals surface area contributed by atoms with E-state index in [1.807, 2.05) is 11.6 Å². The van der Waals surface area contributed by atoms with Gasteiger partial charge < -0.3 is 10.4 Å². The predicted octanol–water partition coefficient (Wildman–Crippen LogP) is 3.30. The maximum Gasteiger partial charge on any atom is 0.252 e. The van der Waals surface area contributed by atoms with E-state index in [1.54, 1.807) is 11.3 Å². The van der Waals surface area contributed by atoms with Crippen LogP contribution in [-0.2, 0) is 25.9 Å². The lowest BCUT2D eigenvalue weighted by Gasteiger charge is -2.28. The van der Waals surface area contributed by atoms with Gasteiger partial charge in [0.15, 0.2) is 0 Å². The molecule has 4 rings (SSSR count). The largest absolute Gasteiger partial charge is 0.393 e. The summed E-state index contributed by atoms with van der Waals surface area (Å²) in [6, 6.07) is 4.49. The number of thiophene rings is 1. The van der Waals surface area contributed by atoms with Gasteiger partial charge in [0.05, 0.1) is 17.4 Å². The number of aryl methyl sites for hydroxylation is 1. The first-order valence-corrected chi connectivity index (χ1v) is 11.2. The number of nitrogens with one attached hydrogen (secondary N) is 1. The number of pyridine rings is 1. The summed E-state index contributed by atoms with van der Waals surface area (Å²) in [7, 11) is 0. The molecule has 1 fully saturated rings. The van der Waals surface area contributed by atoms with Crippen LogP contribution in [0.1, 0.15) is 64.7 Å². The van der Waals surface area contributed by atoms with Gasteiger partial charge in [0.2, 0.25) is 0 Å². The van der Waals surface area contributed by atoms with Crippen molar-refractivity contribution in [2.75, 3.05) is 6.54 Å². The summed E-state index contributed by atoms with van der Waals surface area (Å²) < 4.78 is 0. The fraction of sp³-hybridized carbons (Fsp3) is 0.545. The first-order chi connectivity index (χ1) is 13.6. The average Bonchev–Trinajstić information content (AvgIpc) is 3.14. The van der Waals surface area contributed by atoms with E-state index in [9.17, 15) is 9.90 Å². The van der Waals surface area contributed by atoms with E-state index in [2.05, 4.69) is 34.3 Å². The van der Waals surface area contributed by atoms with Crippen LogP contribution in [0.25, 0.3) is 0 Å². The molecule has 1 amide bonds. The number of nitrogens with zero attached hydrogens (tertiary/aromatic N) is 2. The molecule has 2 N–H and O–H groups in total. The third-order valence-electron chi connectivity index (χ3n) is 5.98. The number of hydrogen-bond donors (Lipinski definition) is 2. The Kier molecular flexibility index (Phi) is 6.09. The minimum atomic E-state index is -0.194. The Labute approximate surface area is 170 Å². The molecule has 28 heavy (non-hydrogen) atoms. The van der Waals surface area contributed by atoms with Gasteiger partial charge in [-0.2, -0.15) is 0 Å². The van der Waals surface area contributed by atoms with Crippen LogP contribution in [0.3, 0.4) is 0 Å². The van der Waals surface area contributed by atoms with Crippen LogP contribution in [0.5, 0.6) is 0 Å². The molecule has 6 heteroatoms. The minimum absolute atomic E-state index is 0.0594. The highest BCUT2D eigenvalue weighted by Crippen LogP contribution is 2.30. The smallest absolute Gasteiger partial charge is 0.252 e. The number of aliphatic hydroxyl groups excluding tert-OH is 1. The fourth-order valence-corrected chi connectivity index (χ4v) is 5.30. The van der Waals surface area contributed by atoms with Crippen molar-refractivity contribution >= 4 is 17.2 Å². The van der Waals surface area contributed by atoms with Gasteiger partial charge in [-0.25, -0.2) is 0 Å². The Bertz CT molecular complexity index is 810. The normalized spacial score (nSPS) is 22.6. The van der Waals surface area contributed by atoms with Crippen LogP contribution in [-0.4, -0.2) is 39.6 Å². The quantitative estimate of drug-likeness (QED) is 0.810. The van der Waals surface area contributed by atoms with Crippen LogP contribution in [0, 0.1) is 0 Å². The summed E-state index contributed by atoms with van der Waals surface area (Å²) in [5, 5.41) is 14.8. The Morgan fingerprint density at radius 2 is 2.14 bits per heavy atom. The van der Waals surface area contributed by atoms with Gasteiger partial charge in [0, 0.05) is 42.1 Å². The molecule has 0 saturated heterocycles. The number of hydrogen-bond acceptors (Lipinski definition) is 5. The Morgan fingerprint density at radius 3 is 2.86 bits per heavy atom. The number of rotatable bonds is 5. The standard InChI is InChI=1S/C22H29N3O2S/c1-2-15-3-4-17(23-11-15)12-25-10-9-19-20(14-28-21(19)13-25)22(27)24-16-5-7-18(26)8-6-16/h3-4,11,14,16,18,26H,2,5-10,12-13H2,1H3,(H,24,27). The molecule has 1 aliphatic carbocycles. The molecule has 5 nitrogen and oxygen atoms in total. The summed E-state index contributed by atoms with van der Waals surface area (Å²) in [4.78, 5) is 21.1. The molecule has 2 aromatic rings. The second-order valence-electron chi connectivity index (χ2n) is 8.00. The van der Waals surface area contributed by atoms with Gasteiger partial charge in [-0.05, 0) is 55.7 Å². The SMILES string of the molecule is CCc1ccc(CN2CCc3c(C(=O)NC4CCC(O)CC4)csc3C2)nc1. The van der Waals surface area contributed by atoms with Crippen molar-refractivity contribution in [1.29, 1.82) is 0 Å². The van der Waals surface area contributed by atoms with Crippen molar-refractivity contribution in [3.05, 3.63) is 51.0 Å². The van der Waals surface area contributed by atoms with E-state index in [1.165, 1.54) is 16.0 Å². The van der Waals surface area contributed by atoms with Gasteiger partial charge in [-0.3, -0.25) is 14.7 Å². The molecule has 2 aromatic heterocycles. The zero-order valence-corrected chi connectivity index (χ0v) is 17.3. The Morgan fingerprint density at radius 1 is 1.32 bits per heavy atom. The van der Waals surface area contributed by atoms with E-state index in [-0.39, 0.29) is 18.1 Å². The van der Waals surface area contributed by atoms with Gasteiger partial charge >= 0.3 is 0 Å². The van der Waals surface area contributed by atoms with Gasteiger partial charge in [-0.15, -0.1) is 11.3 Å². The molecule has 0 aromatic carbocycles. The van der Waals surface area contributed by atoms with Gasteiger partial charge in [0.25, 0.3) is 5.91 Å². The minimum Gasteiger partial charge on any atom is -0.393 e. The lowest BCUT2D eigenvalue weighted by molar-refractivity contribution is 0.0866. The molecule has 1 saturated carbocycles. The molecule has 0 atom stereocenters. The summed E-state index contributed by atoms with van der Waals surface area (Å²) in [6.07, 6.45) is 7.03. The third-order valence-corrected chi connectivity index (χ3v) is 7.00. The van der Waals surface area contributed by atoms with Crippen molar-refractivity contribution in [1.82, 2.24) is 15.2 Å². The van der Waals surface area contributed by atoms with Crippen LogP contribution in [0.4, 0.5) is 0 Å². The van der Waals surface area contributed by atoms with Crippen molar-refractivity contribution in [3.8, 4) is 0 Å². The summed E-state index contributed by atoms with van der Waals surface area (Å²) in [5.74, 6) is 0.0594. The maximum atomic E-state index is 12.8. The third kappa shape index (κ3) is 4.45. The van der Waals surface area contributed by atoms with E-state index in [0.717, 1.165) is 69.4 Å². The molecule has 0 radical (unpaired) electrons. The second kappa shape index (κ2) is 8.72. The van der Waals surface area contributed by atoms with Gasteiger partial charge in [0.1, 0.15) is 0 Å². The van der Waals surface area contributed by atoms with Crippen molar-refractivity contribution in [2.45, 2.75) is 70.7 Å². The van der Waals surface area contributed by atoms with E-state index >= 15 is 0 Å². The van der Waals surface area contributed by atoms with E-state index < -0.39 is 0 Å². The predicted molar refractivity (Wildman–Crippen MR) is 111 cm³/mol. The summed E-state index contributed by atoms with van der Waals surface area (Å²) in [5.41, 5.74) is 4.46. The Hall–Kier alpha value is -1.76. The van der Waals surface area contributed by atoms with Gasteiger partial charge in [-0.1, -0.05) is 13.0 Å². The Balaban J connectivity index is 1.36. The highest BCUT2D eigenvalue weighted by Gasteiger charge is 2.26. The molecular weight excluding hydrogens is 370 g/mol. The number of aromatic nitrogens is 1. The molecule has 3 heterocycles. The topological polar surface area (TPSA) is 65.5 Å². The fourth-order valence-electron chi connectivity index (χ4n) is 4.18. The van der Waals surface area contributed by atoms with Crippen molar-refractivity contribution in [3.63, 3.8) is 0 Å². The number of carbonyl (C=O) groups excluding carboxylic acids is 1. The first-order valence-electron chi connectivity index (χ1n) is 10.4. The summed E-state index contributed by atoms with van der Waals surface area (Å²) >= 11 is 1.70. The lowest BCUT2D eigenvalue weighted by atomic mass is 9.92. The molecular formula is C22H29N3O2S. The highest BCUT2D eigenvalue weighted by molar-refractivity contribution is 7.10. The number of aliphatic hydroxyl groups is 1. The average molecular weight is 400 g/mol. The molecule has 1 aliphatic heterocycles. The van der Waals surface area contributed by atoms with E-state index in [0.29, 0.717) is 0 Å². The first kappa shape index (κ1) is 19.6. The van der Waals surface area contributed by atoms with Crippen molar-refractivity contribution in [2.24, 2.45) is 0 Å². The molecule has 150 valence electrons. The molecule has 2 aliphatic rings. The zero-order chi connectivity index (χ0) is 19.5. The molecule has 0 bridgehead atoms.